The molecule has 4 nitrogen and oxygen atoms in total. The van der Waals surface area contributed by atoms with Gasteiger partial charge in [0.1, 0.15) is 0 Å². The maximum atomic E-state index is 8.99. The SMILES string of the molecule is COCCN(CCO)CC1CCC(C)(C)O1. The number of hydrogen-bond acceptors (Lipinski definition) is 4. The van der Waals surface area contributed by atoms with Gasteiger partial charge in [-0.15, -0.1) is 0 Å². The molecule has 96 valence electrons. The van der Waals surface area contributed by atoms with Crippen molar-refractivity contribution in [1.29, 1.82) is 0 Å². The molecule has 16 heavy (non-hydrogen) atoms. The molecule has 0 amide bonds. The van der Waals surface area contributed by atoms with Crippen LogP contribution in [0.15, 0.2) is 0 Å². The molecule has 1 rings (SSSR count). The zero-order valence-corrected chi connectivity index (χ0v) is 10.7. The Morgan fingerprint density at radius 3 is 2.69 bits per heavy atom. The Kier molecular flexibility index (Phi) is 5.69. The van der Waals surface area contributed by atoms with Gasteiger partial charge in [0, 0.05) is 26.7 Å². The first-order valence-corrected chi connectivity index (χ1v) is 6.07. The van der Waals surface area contributed by atoms with E-state index in [9.17, 15) is 0 Å². The lowest BCUT2D eigenvalue weighted by molar-refractivity contribution is -0.0319. The third-order valence-electron chi connectivity index (χ3n) is 3.04. The van der Waals surface area contributed by atoms with Crippen LogP contribution >= 0.6 is 0 Å². The molecule has 1 fully saturated rings. The van der Waals surface area contributed by atoms with Crippen molar-refractivity contribution in [1.82, 2.24) is 4.90 Å². The minimum absolute atomic E-state index is 0.0246. The van der Waals surface area contributed by atoms with Crippen molar-refractivity contribution in [2.24, 2.45) is 0 Å². The Morgan fingerprint density at radius 1 is 1.44 bits per heavy atom. The highest BCUT2D eigenvalue weighted by molar-refractivity contribution is 4.82. The minimum Gasteiger partial charge on any atom is -0.395 e. The summed E-state index contributed by atoms with van der Waals surface area (Å²) < 4.78 is 11.0. The molecule has 1 aliphatic rings. The third-order valence-corrected chi connectivity index (χ3v) is 3.04. The second-order valence-electron chi connectivity index (χ2n) is 5.06. The van der Waals surface area contributed by atoms with E-state index in [1.54, 1.807) is 7.11 Å². The second-order valence-corrected chi connectivity index (χ2v) is 5.06. The van der Waals surface area contributed by atoms with Gasteiger partial charge in [-0.2, -0.15) is 0 Å². The fourth-order valence-corrected chi connectivity index (χ4v) is 2.15. The second kappa shape index (κ2) is 6.55. The summed E-state index contributed by atoms with van der Waals surface area (Å²) in [5.41, 5.74) is 0.0246. The summed E-state index contributed by atoms with van der Waals surface area (Å²) in [6.45, 7) is 7.63. The molecule has 1 atom stereocenters. The van der Waals surface area contributed by atoms with Crippen LogP contribution in [-0.4, -0.2) is 61.7 Å². The molecule has 1 saturated heterocycles. The van der Waals surface area contributed by atoms with Crippen molar-refractivity contribution in [2.75, 3.05) is 40.0 Å². The van der Waals surface area contributed by atoms with E-state index in [4.69, 9.17) is 14.6 Å². The molecular weight excluding hydrogens is 206 g/mol. The van der Waals surface area contributed by atoms with Gasteiger partial charge in [-0.1, -0.05) is 0 Å². The van der Waals surface area contributed by atoms with Crippen LogP contribution in [0, 0.1) is 0 Å². The Hall–Kier alpha value is -0.160. The van der Waals surface area contributed by atoms with E-state index in [1.807, 2.05) is 0 Å². The molecule has 0 aliphatic carbocycles. The number of ether oxygens (including phenoxy) is 2. The normalized spacial score (nSPS) is 24.2. The number of nitrogens with zero attached hydrogens (tertiary/aromatic N) is 1. The van der Waals surface area contributed by atoms with E-state index in [2.05, 4.69) is 18.7 Å². The number of hydrogen-bond donors (Lipinski definition) is 1. The third kappa shape index (κ3) is 4.78. The van der Waals surface area contributed by atoms with E-state index < -0.39 is 0 Å². The highest BCUT2D eigenvalue weighted by atomic mass is 16.5. The maximum absolute atomic E-state index is 8.99. The quantitative estimate of drug-likeness (QED) is 0.706. The standard InChI is InChI=1S/C12H25NO3/c1-12(2)5-4-11(16-12)10-13(6-8-14)7-9-15-3/h11,14H,4-10H2,1-3H3. The fraction of sp³-hybridized carbons (Fsp3) is 1.00. The molecule has 4 heteroatoms. The van der Waals surface area contributed by atoms with E-state index >= 15 is 0 Å². The van der Waals surface area contributed by atoms with E-state index in [1.165, 1.54) is 0 Å². The highest BCUT2D eigenvalue weighted by Crippen LogP contribution is 2.29. The smallest absolute Gasteiger partial charge is 0.0710 e. The van der Waals surface area contributed by atoms with Crippen LogP contribution in [0.5, 0.6) is 0 Å². The van der Waals surface area contributed by atoms with Crippen molar-refractivity contribution >= 4 is 0 Å². The van der Waals surface area contributed by atoms with Crippen molar-refractivity contribution in [3.8, 4) is 0 Å². The summed E-state index contributed by atoms with van der Waals surface area (Å²) in [7, 11) is 1.70. The van der Waals surface area contributed by atoms with Crippen LogP contribution in [0.1, 0.15) is 26.7 Å². The summed E-state index contributed by atoms with van der Waals surface area (Å²) >= 11 is 0. The zero-order valence-electron chi connectivity index (χ0n) is 10.7. The van der Waals surface area contributed by atoms with E-state index in [0.717, 1.165) is 25.9 Å². The molecule has 0 spiro atoms. The van der Waals surface area contributed by atoms with Crippen molar-refractivity contribution in [2.45, 2.75) is 38.4 Å². The average Bonchev–Trinajstić information content (AvgIpc) is 2.55. The molecular formula is C12H25NO3. The summed E-state index contributed by atoms with van der Waals surface area (Å²) in [4.78, 5) is 2.20. The van der Waals surface area contributed by atoms with Crippen molar-refractivity contribution in [3.63, 3.8) is 0 Å². The number of rotatable bonds is 7. The van der Waals surface area contributed by atoms with Crippen LogP contribution < -0.4 is 0 Å². The number of aliphatic hydroxyl groups excluding tert-OH is 1. The zero-order chi connectivity index (χ0) is 12.0. The molecule has 1 heterocycles. The molecule has 0 saturated carbocycles. The van der Waals surface area contributed by atoms with Gasteiger partial charge in [-0.3, -0.25) is 4.90 Å². The predicted molar refractivity (Wildman–Crippen MR) is 63.6 cm³/mol. The van der Waals surface area contributed by atoms with Crippen molar-refractivity contribution < 1.29 is 14.6 Å². The van der Waals surface area contributed by atoms with Gasteiger partial charge >= 0.3 is 0 Å². The van der Waals surface area contributed by atoms with Gasteiger partial charge in [0.25, 0.3) is 0 Å². The van der Waals surface area contributed by atoms with Crippen LogP contribution in [0.2, 0.25) is 0 Å². The highest BCUT2D eigenvalue weighted by Gasteiger charge is 2.32. The Morgan fingerprint density at radius 2 is 2.19 bits per heavy atom. The first-order chi connectivity index (χ1) is 7.57. The van der Waals surface area contributed by atoms with Crippen LogP contribution in [0.25, 0.3) is 0 Å². The summed E-state index contributed by atoms with van der Waals surface area (Å²) in [5.74, 6) is 0. The lowest BCUT2D eigenvalue weighted by Gasteiger charge is -2.26. The first-order valence-electron chi connectivity index (χ1n) is 6.07. The van der Waals surface area contributed by atoms with E-state index in [-0.39, 0.29) is 12.2 Å². The van der Waals surface area contributed by atoms with Crippen LogP contribution in [0.3, 0.4) is 0 Å². The first kappa shape index (κ1) is 13.9. The van der Waals surface area contributed by atoms with Gasteiger partial charge in [0.15, 0.2) is 0 Å². The predicted octanol–water partition coefficient (Wildman–Crippen LogP) is 0.885. The van der Waals surface area contributed by atoms with Gasteiger partial charge in [0.05, 0.1) is 24.9 Å². The molecule has 0 bridgehead atoms. The summed E-state index contributed by atoms with van der Waals surface area (Å²) in [5, 5.41) is 8.99. The lowest BCUT2D eigenvalue weighted by atomic mass is 10.1. The summed E-state index contributed by atoms with van der Waals surface area (Å²) in [6, 6.07) is 0. The molecule has 0 radical (unpaired) electrons. The van der Waals surface area contributed by atoms with Crippen LogP contribution in [0.4, 0.5) is 0 Å². The summed E-state index contributed by atoms with van der Waals surface area (Å²) in [6.07, 6.45) is 2.54. The molecule has 1 unspecified atom stereocenters. The van der Waals surface area contributed by atoms with Crippen LogP contribution in [-0.2, 0) is 9.47 Å². The molecule has 0 aromatic carbocycles. The Balaban J connectivity index is 2.31. The van der Waals surface area contributed by atoms with Gasteiger partial charge in [-0.25, -0.2) is 0 Å². The lowest BCUT2D eigenvalue weighted by Crippen LogP contribution is -2.37. The molecule has 1 N–H and O–H groups in total. The average molecular weight is 231 g/mol. The van der Waals surface area contributed by atoms with Crippen molar-refractivity contribution in [3.05, 3.63) is 0 Å². The number of aliphatic hydroxyl groups is 1. The Labute approximate surface area is 98.5 Å². The monoisotopic (exact) mass is 231 g/mol. The van der Waals surface area contributed by atoms with E-state index in [0.29, 0.717) is 19.3 Å². The van der Waals surface area contributed by atoms with Gasteiger partial charge < -0.3 is 14.6 Å². The largest absolute Gasteiger partial charge is 0.395 e. The molecule has 0 aromatic heterocycles. The molecule has 1 aliphatic heterocycles. The number of methoxy groups -OCH3 is 1. The molecule has 0 aromatic rings. The minimum atomic E-state index is 0.0246. The topological polar surface area (TPSA) is 41.9 Å². The maximum Gasteiger partial charge on any atom is 0.0710 e. The fourth-order valence-electron chi connectivity index (χ4n) is 2.15. The van der Waals surface area contributed by atoms with Gasteiger partial charge in [-0.05, 0) is 26.7 Å². The Bertz CT molecular complexity index is 197. The van der Waals surface area contributed by atoms with Gasteiger partial charge in [0.2, 0.25) is 0 Å².